The molecular formula is C21H18N8O3. The van der Waals surface area contributed by atoms with Crippen molar-refractivity contribution < 1.29 is 9.84 Å². The monoisotopic (exact) mass is 430 g/mol. The number of nitrogens with one attached hydrogen (secondary N) is 3. The maximum absolute atomic E-state index is 11.5. The van der Waals surface area contributed by atoms with Crippen LogP contribution in [0, 0.1) is 6.92 Å². The van der Waals surface area contributed by atoms with Gasteiger partial charge in [0.05, 0.1) is 12.2 Å². The van der Waals surface area contributed by atoms with Gasteiger partial charge < -0.3 is 19.8 Å². The van der Waals surface area contributed by atoms with Crippen molar-refractivity contribution in [1.82, 2.24) is 34.5 Å². The number of H-pyrrole nitrogens is 3. The van der Waals surface area contributed by atoms with Crippen LogP contribution in [0.4, 0.5) is 0 Å². The summed E-state index contributed by atoms with van der Waals surface area (Å²) in [5.41, 5.74) is 2.62. The number of nitrogens with zero attached hydrogens (tertiary/aromatic N) is 5. The smallest absolute Gasteiger partial charge is 0.327 e. The third-order valence-electron chi connectivity index (χ3n) is 5.17. The van der Waals surface area contributed by atoms with Crippen LogP contribution in [0.3, 0.4) is 0 Å². The summed E-state index contributed by atoms with van der Waals surface area (Å²) in [7, 11) is 0. The first-order chi connectivity index (χ1) is 15.5. The van der Waals surface area contributed by atoms with E-state index in [1.165, 1.54) is 4.52 Å². The van der Waals surface area contributed by atoms with Crippen LogP contribution in [-0.2, 0) is 0 Å². The molecule has 0 aliphatic heterocycles. The van der Waals surface area contributed by atoms with E-state index >= 15 is 0 Å². The molecule has 0 radical (unpaired) electrons. The summed E-state index contributed by atoms with van der Waals surface area (Å²) in [6.07, 6.45) is 5.15. The molecule has 11 heteroatoms. The maximum atomic E-state index is 11.5. The van der Waals surface area contributed by atoms with Gasteiger partial charge in [0.15, 0.2) is 5.65 Å². The molecule has 1 aliphatic rings. The molecule has 0 amide bonds. The Hall–Kier alpha value is -4.41. The van der Waals surface area contributed by atoms with Crippen molar-refractivity contribution in [2.45, 2.75) is 25.8 Å². The van der Waals surface area contributed by atoms with Crippen molar-refractivity contribution >= 4 is 22.6 Å². The highest BCUT2D eigenvalue weighted by atomic mass is 16.5. The molecule has 0 atom stereocenters. The molecule has 6 rings (SSSR count). The Bertz CT molecular complexity index is 1670. The van der Waals surface area contributed by atoms with Gasteiger partial charge in [-0.3, -0.25) is 4.98 Å². The Morgan fingerprint density at radius 3 is 2.88 bits per heavy atom. The van der Waals surface area contributed by atoms with Crippen molar-refractivity contribution in [2.75, 3.05) is 0 Å². The van der Waals surface area contributed by atoms with E-state index in [2.05, 4.69) is 35.0 Å². The normalized spacial score (nSPS) is 15.3. The van der Waals surface area contributed by atoms with Gasteiger partial charge in [-0.25, -0.2) is 9.79 Å². The minimum atomic E-state index is -0.510. The summed E-state index contributed by atoms with van der Waals surface area (Å²) >= 11 is 0. The van der Waals surface area contributed by atoms with Gasteiger partial charge in [-0.1, -0.05) is 0 Å². The number of imidazole rings is 1. The molecule has 160 valence electrons. The Kier molecular flexibility index (Phi) is 3.90. The van der Waals surface area contributed by atoms with Gasteiger partial charge in [-0.15, -0.1) is 0 Å². The molecule has 4 heterocycles. The van der Waals surface area contributed by atoms with Crippen LogP contribution in [-0.4, -0.2) is 45.7 Å². The van der Waals surface area contributed by atoms with Crippen LogP contribution in [0.25, 0.3) is 22.6 Å². The lowest BCUT2D eigenvalue weighted by Gasteiger charge is -2.04. The molecule has 4 N–H and O–H groups in total. The van der Waals surface area contributed by atoms with E-state index in [-0.39, 0.29) is 23.6 Å². The zero-order chi connectivity index (χ0) is 21.8. The Morgan fingerprint density at radius 1 is 1.22 bits per heavy atom. The SMILES string of the molecule is Cc1cc2cc(Oc3nc(=NC4CC4)n4nc/c(=C/c5[nH]c(=O)[nH]c5O)c4n3)ccc2[nH]1. The summed E-state index contributed by atoms with van der Waals surface area (Å²) < 4.78 is 7.51. The van der Waals surface area contributed by atoms with Crippen molar-refractivity contribution in [3.63, 3.8) is 0 Å². The van der Waals surface area contributed by atoms with Gasteiger partial charge in [-0.05, 0) is 50.1 Å². The van der Waals surface area contributed by atoms with Gasteiger partial charge in [0.1, 0.15) is 11.4 Å². The van der Waals surface area contributed by atoms with Crippen molar-refractivity contribution in [1.29, 1.82) is 0 Å². The van der Waals surface area contributed by atoms with Crippen LogP contribution >= 0.6 is 0 Å². The first-order valence-electron chi connectivity index (χ1n) is 10.1. The first kappa shape index (κ1) is 18.4. The quantitative estimate of drug-likeness (QED) is 0.335. The lowest BCUT2D eigenvalue weighted by molar-refractivity contribution is 0.436. The summed E-state index contributed by atoms with van der Waals surface area (Å²) in [4.78, 5) is 33.2. The highest BCUT2D eigenvalue weighted by Gasteiger charge is 2.21. The number of aromatic hydroxyl groups is 1. The van der Waals surface area contributed by atoms with Crippen LogP contribution in [0.15, 0.2) is 40.2 Å². The van der Waals surface area contributed by atoms with E-state index in [1.54, 1.807) is 12.3 Å². The molecule has 5 aromatic rings. The van der Waals surface area contributed by atoms with Crippen molar-refractivity contribution in [3.05, 3.63) is 63.2 Å². The predicted octanol–water partition coefficient (Wildman–Crippen LogP) is 1.04. The van der Waals surface area contributed by atoms with Gasteiger partial charge in [-0.2, -0.15) is 19.6 Å². The lowest BCUT2D eigenvalue weighted by Crippen LogP contribution is -2.23. The average molecular weight is 430 g/mol. The summed E-state index contributed by atoms with van der Waals surface area (Å²) in [5, 5.41) is 15.8. The summed E-state index contributed by atoms with van der Waals surface area (Å²) in [5.74, 6) is 0.328. The second-order valence-electron chi connectivity index (χ2n) is 7.79. The molecular weight excluding hydrogens is 412 g/mol. The number of aromatic amines is 3. The number of rotatable bonds is 4. The standard InChI is InChI=1S/C21H18N8O3/c1-10-6-11-7-14(4-5-15(11)23-10)32-21-26-17-12(8-16-18(30)27-20(31)25-16)9-22-29(17)19(28-21)24-13-2-3-13/h4-9,13,23,30H,2-3H2,1H3,(H2,25,27,31)/b12-8-,24-19?. The lowest BCUT2D eigenvalue weighted by atomic mass is 10.2. The molecule has 0 bridgehead atoms. The van der Waals surface area contributed by atoms with E-state index in [0.717, 1.165) is 29.4 Å². The van der Waals surface area contributed by atoms with Gasteiger partial charge >= 0.3 is 11.7 Å². The van der Waals surface area contributed by atoms with E-state index in [0.29, 0.717) is 22.2 Å². The first-order valence-corrected chi connectivity index (χ1v) is 10.1. The molecule has 0 saturated heterocycles. The summed E-state index contributed by atoms with van der Waals surface area (Å²) in [6.45, 7) is 2.00. The van der Waals surface area contributed by atoms with E-state index in [1.807, 2.05) is 31.2 Å². The highest BCUT2D eigenvalue weighted by molar-refractivity contribution is 5.81. The molecule has 1 aromatic carbocycles. The molecule has 1 saturated carbocycles. The third kappa shape index (κ3) is 3.29. The molecule has 1 fully saturated rings. The Morgan fingerprint density at radius 2 is 2.09 bits per heavy atom. The van der Waals surface area contributed by atoms with Crippen molar-refractivity contribution in [2.24, 2.45) is 4.99 Å². The second-order valence-corrected chi connectivity index (χ2v) is 7.79. The number of hydrogen-bond donors (Lipinski definition) is 4. The third-order valence-corrected chi connectivity index (χ3v) is 5.17. The topological polar surface area (TPSA) is 149 Å². The van der Waals surface area contributed by atoms with Crippen molar-refractivity contribution in [3.8, 4) is 17.6 Å². The highest BCUT2D eigenvalue weighted by Crippen LogP contribution is 2.25. The number of hydrogen-bond acceptors (Lipinski definition) is 7. The molecule has 4 aromatic heterocycles. The fourth-order valence-corrected chi connectivity index (χ4v) is 3.53. The molecule has 32 heavy (non-hydrogen) atoms. The van der Waals surface area contributed by atoms with Gasteiger partial charge in [0.2, 0.25) is 5.88 Å². The van der Waals surface area contributed by atoms with E-state index < -0.39 is 5.69 Å². The zero-order valence-corrected chi connectivity index (χ0v) is 17.0. The van der Waals surface area contributed by atoms with E-state index in [9.17, 15) is 9.90 Å². The number of ether oxygens (including phenoxy) is 1. The average Bonchev–Trinajstić information content (AvgIpc) is 3.21. The summed E-state index contributed by atoms with van der Waals surface area (Å²) in [6, 6.07) is 8.07. The molecule has 1 aliphatic carbocycles. The van der Waals surface area contributed by atoms with Crippen LogP contribution in [0.5, 0.6) is 17.6 Å². The van der Waals surface area contributed by atoms with Crippen LogP contribution < -0.4 is 21.3 Å². The fraction of sp³-hybridized carbons (Fsp3) is 0.190. The number of benzene rings is 1. The number of aromatic nitrogens is 7. The van der Waals surface area contributed by atoms with Crippen LogP contribution in [0.1, 0.15) is 24.2 Å². The maximum Gasteiger partial charge on any atom is 0.327 e. The molecule has 0 spiro atoms. The molecule has 0 unspecified atom stereocenters. The number of aryl methyl sites for hydroxylation is 1. The molecule has 11 nitrogen and oxygen atoms in total. The zero-order valence-electron chi connectivity index (χ0n) is 17.0. The van der Waals surface area contributed by atoms with Gasteiger partial charge in [0, 0.05) is 21.8 Å². The van der Waals surface area contributed by atoms with Gasteiger partial charge in [0.25, 0.3) is 5.62 Å². The number of fused-ring (bicyclic) bond motifs is 2. The minimum absolute atomic E-state index is 0.130. The van der Waals surface area contributed by atoms with E-state index in [4.69, 9.17) is 4.74 Å². The Balaban J connectivity index is 1.50. The van der Waals surface area contributed by atoms with Crippen LogP contribution in [0.2, 0.25) is 0 Å². The second kappa shape index (κ2) is 6.80. The minimum Gasteiger partial charge on any atom is -0.493 e. The fourth-order valence-electron chi connectivity index (χ4n) is 3.53. The largest absolute Gasteiger partial charge is 0.493 e. The Labute approximate surface area is 179 Å². The predicted molar refractivity (Wildman–Crippen MR) is 114 cm³/mol.